The van der Waals surface area contributed by atoms with Crippen LogP contribution in [0.3, 0.4) is 0 Å². The van der Waals surface area contributed by atoms with Gasteiger partial charge in [-0.25, -0.2) is 4.39 Å². The predicted molar refractivity (Wildman–Crippen MR) is 71.3 cm³/mol. The molecule has 1 nitrogen and oxygen atoms in total. The number of Topliss-reactive ketones (excluding diaryl/α,β-unsaturated/α-hetero) is 1. The van der Waals surface area contributed by atoms with Gasteiger partial charge in [0.05, 0.1) is 0 Å². The summed E-state index contributed by atoms with van der Waals surface area (Å²) in [4.78, 5) is 12.7. The van der Waals surface area contributed by atoms with Crippen molar-refractivity contribution in [3.63, 3.8) is 0 Å². The van der Waals surface area contributed by atoms with Gasteiger partial charge < -0.3 is 0 Å². The Morgan fingerprint density at radius 2 is 1.44 bits per heavy atom. The third-order valence-corrected chi connectivity index (χ3v) is 5.03. The van der Waals surface area contributed by atoms with Crippen molar-refractivity contribution in [1.82, 2.24) is 0 Å². The molecular formula is C16H21FO. The minimum atomic E-state index is -0.268. The number of benzene rings is 1. The van der Waals surface area contributed by atoms with Gasteiger partial charge in [0.1, 0.15) is 5.82 Å². The second-order valence-electron chi connectivity index (χ2n) is 6.66. The molecule has 0 heterocycles. The van der Waals surface area contributed by atoms with E-state index in [-0.39, 0.29) is 28.3 Å². The van der Waals surface area contributed by atoms with Crippen LogP contribution in [0.25, 0.3) is 0 Å². The van der Waals surface area contributed by atoms with E-state index >= 15 is 0 Å². The highest BCUT2D eigenvalue weighted by molar-refractivity contribution is 6.03. The van der Waals surface area contributed by atoms with Crippen LogP contribution in [-0.2, 0) is 0 Å². The fourth-order valence-electron chi connectivity index (χ4n) is 3.30. The molecule has 0 unspecified atom stereocenters. The predicted octanol–water partition coefficient (Wildman–Crippen LogP) is 4.31. The minimum absolute atomic E-state index is 0.0251. The number of hydrogen-bond donors (Lipinski definition) is 0. The first-order chi connectivity index (χ1) is 8.10. The number of halogens is 1. The number of carbonyl (C=O) groups is 1. The van der Waals surface area contributed by atoms with Crippen LogP contribution >= 0.6 is 0 Å². The quantitative estimate of drug-likeness (QED) is 0.713. The maximum atomic E-state index is 13.3. The first-order valence-corrected chi connectivity index (χ1v) is 6.41. The van der Waals surface area contributed by atoms with Gasteiger partial charge in [0.15, 0.2) is 5.78 Å². The van der Waals surface area contributed by atoms with Crippen LogP contribution < -0.4 is 0 Å². The Morgan fingerprint density at radius 3 is 1.78 bits per heavy atom. The van der Waals surface area contributed by atoms with Crippen molar-refractivity contribution in [2.24, 2.45) is 16.7 Å². The molecular weight excluding hydrogens is 227 g/mol. The van der Waals surface area contributed by atoms with E-state index in [1.54, 1.807) is 0 Å². The summed E-state index contributed by atoms with van der Waals surface area (Å²) in [6.45, 7) is 12.1. The Labute approximate surface area is 108 Å². The molecule has 0 spiro atoms. The van der Waals surface area contributed by atoms with Crippen LogP contribution in [0.15, 0.2) is 12.1 Å². The molecule has 1 aromatic rings. The summed E-state index contributed by atoms with van der Waals surface area (Å²) >= 11 is 0. The molecule has 0 radical (unpaired) electrons. The summed E-state index contributed by atoms with van der Waals surface area (Å²) in [5.41, 5.74) is 2.25. The Hall–Kier alpha value is -1.18. The number of rotatable bonds is 2. The second kappa shape index (κ2) is 3.66. The van der Waals surface area contributed by atoms with Gasteiger partial charge in [-0.15, -0.1) is 0 Å². The molecule has 0 atom stereocenters. The van der Waals surface area contributed by atoms with E-state index in [4.69, 9.17) is 0 Å². The topological polar surface area (TPSA) is 17.1 Å². The van der Waals surface area contributed by atoms with Crippen molar-refractivity contribution in [3.8, 4) is 0 Å². The van der Waals surface area contributed by atoms with Gasteiger partial charge in [-0.1, -0.05) is 27.7 Å². The van der Waals surface area contributed by atoms with Crippen LogP contribution in [0.4, 0.5) is 4.39 Å². The van der Waals surface area contributed by atoms with E-state index in [9.17, 15) is 9.18 Å². The highest BCUT2D eigenvalue weighted by Crippen LogP contribution is 2.69. The van der Waals surface area contributed by atoms with Crippen molar-refractivity contribution in [3.05, 3.63) is 34.6 Å². The highest BCUT2D eigenvalue weighted by atomic mass is 19.1. The molecule has 18 heavy (non-hydrogen) atoms. The molecule has 1 aromatic carbocycles. The van der Waals surface area contributed by atoms with Crippen LogP contribution in [0.2, 0.25) is 0 Å². The third-order valence-electron chi connectivity index (χ3n) is 5.03. The maximum absolute atomic E-state index is 13.3. The van der Waals surface area contributed by atoms with Gasteiger partial charge in [0, 0.05) is 11.5 Å². The lowest BCUT2D eigenvalue weighted by atomic mass is 9.93. The molecule has 2 heteroatoms. The van der Waals surface area contributed by atoms with Gasteiger partial charge in [-0.2, -0.15) is 0 Å². The normalized spacial score (nSPS) is 20.8. The molecule has 0 aliphatic heterocycles. The van der Waals surface area contributed by atoms with Crippen molar-refractivity contribution in [2.45, 2.75) is 41.5 Å². The molecule has 1 fully saturated rings. The molecule has 0 amide bonds. The SMILES string of the molecule is Cc1cc(F)cc(C)c1C(=O)C1C(C)(C)C1(C)C. The molecule has 2 rings (SSSR count). The molecule has 1 aliphatic rings. The van der Waals surface area contributed by atoms with Crippen LogP contribution in [0.5, 0.6) is 0 Å². The van der Waals surface area contributed by atoms with Gasteiger partial charge >= 0.3 is 0 Å². The summed E-state index contributed by atoms with van der Waals surface area (Å²) in [6.07, 6.45) is 0. The van der Waals surface area contributed by atoms with E-state index in [2.05, 4.69) is 27.7 Å². The standard InChI is InChI=1S/C16H21FO/c1-9-7-11(17)8-10(2)12(9)13(18)14-15(3,4)16(14,5)6/h7-8,14H,1-6H3. The van der Waals surface area contributed by atoms with E-state index in [1.807, 2.05) is 13.8 Å². The zero-order valence-corrected chi connectivity index (χ0v) is 12.0. The fourth-order valence-corrected chi connectivity index (χ4v) is 3.30. The fraction of sp³-hybridized carbons (Fsp3) is 0.562. The first-order valence-electron chi connectivity index (χ1n) is 6.41. The Balaban J connectivity index is 2.44. The Kier molecular flexibility index (Phi) is 2.69. The van der Waals surface area contributed by atoms with Crippen molar-refractivity contribution >= 4 is 5.78 Å². The summed E-state index contributed by atoms with van der Waals surface area (Å²) in [6, 6.07) is 2.89. The third kappa shape index (κ3) is 1.62. The molecule has 1 aliphatic carbocycles. The van der Waals surface area contributed by atoms with Crippen LogP contribution in [0.1, 0.15) is 49.2 Å². The molecule has 1 saturated carbocycles. The van der Waals surface area contributed by atoms with Gasteiger partial charge in [0.25, 0.3) is 0 Å². The van der Waals surface area contributed by atoms with Gasteiger partial charge in [0.2, 0.25) is 0 Å². The van der Waals surface area contributed by atoms with Gasteiger partial charge in [-0.05, 0) is 47.9 Å². The monoisotopic (exact) mass is 248 g/mol. The van der Waals surface area contributed by atoms with E-state index in [1.165, 1.54) is 12.1 Å². The lowest BCUT2D eigenvalue weighted by Gasteiger charge is -2.10. The number of carbonyl (C=O) groups excluding carboxylic acids is 1. The molecule has 0 bridgehead atoms. The number of hydrogen-bond acceptors (Lipinski definition) is 1. The lowest BCUT2D eigenvalue weighted by Crippen LogP contribution is -2.11. The second-order valence-corrected chi connectivity index (χ2v) is 6.66. The van der Waals surface area contributed by atoms with Crippen molar-refractivity contribution in [2.75, 3.05) is 0 Å². The highest BCUT2D eigenvalue weighted by Gasteiger charge is 2.68. The average molecular weight is 248 g/mol. The lowest BCUT2D eigenvalue weighted by molar-refractivity contribution is 0.0944. The number of ketones is 1. The molecule has 0 aromatic heterocycles. The van der Waals surface area contributed by atoms with Crippen LogP contribution in [-0.4, -0.2) is 5.78 Å². The van der Waals surface area contributed by atoms with Gasteiger partial charge in [-0.3, -0.25) is 4.79 Å². The zero-order chi connectivity index (χ0) is 13.9. The van der Waals surface area contributed by atoms with Crippen molar-refractivity contribution in [1.29, 1.82) is 0 Å². The first kappa shape index (κ1) is 13.3. The largest absolute Gasteiger partial charge is 0.294 e. The van der Waals surface area contributed by atoms with E-state index < -0.39 is 0 Å². The van der Waals surface area contributed by atoms with Crippen LogP contribution in [0, 0.1) is 36.4 Å². The number of aryl methyl sites for hydroxylation is 2. The zero-order valence-electron chi connectivity index (χ0n) is 12.0. The minimum Gasteiger partial charge on any atom is -0.294 e. The molecule has 0 N–H and O–H groups in total. The summed E-state index contributed by atoms with van der Waals surface area (Å²) in [5, 5.41) is 0. The van der Waals surface area contributed by atoms with E-state index in [0.29, 0.717) is 5.56 Å². The maximum Gasteiger partial charge on any atom is 0.167 e. The summed E-state index contributed by atoms with van der Waals surface area (Å²) < 4.78 is 13.3. The van der Waals surface area contributed by atoms with Crippen molar-refractivity contribution < 1.29 is 9.18 Å². The smallest absolute Gasteiger partial charge is 0.167 e. The Morgan fingerprint density at radius 1 is 1.06 bits per heavy atom. The summed E-state index contributed by atoms with van der Waals surface area (Å²) in [5.74, 6) is -0.0660. The molecule has 98 valence electrons. The van der Waals surface area contributed by atoms with E-state index in [0.717, 1.165) is 11.1 Å². The molecule has 0 saturated heterocycles. The Bertz CT molecular complexity index is 489. The summed E-state index contributed by atoms with van der Waals surface area (Å²) in [7, 11) is 0. The average Bonchev–Trinajstić information content (AvgIpc) is 2.54.